The molecule has 3 nitrogen and oxygen atoms in total. The van der Waals surface area contributed by atoms with E-state index < -0.39 is 0 Å². The van der Waals surface area contributed by atoms with Crippen LogP contribution in [0.3, 0.4) is 0 Å². The molecule has 0 aromatic carbocycles. The minimum atomic E-state index is 0.548. The van der Waals surface area contributed by atoms with E-state index in [0.29, 0.717) is 5.15 Å². The molecule has 0 saturated carbocycles. The smallest absolute Gasteiger partial charge is 0.134 e. The van der Waals surface area contributed by atoms with Gasteiger partial charge in [0, 0.05) is 19.2 Å². The van der Waals surface area contributed by atoms with E-state index in [4.69, 9.17) is 11.6 Å². The van der Waals surface area contributed by atoms with E-state index in [1.54, 1.807) is 0 Å². The minimum absolute atomic E-state index is 0.548. The lowest BCUT2D eigenvalue weighted by atomic mass is 9.96. The molecular formula is C14H22ClN3. The van der Waals surface area contributed by atoms with Gasteiger partial charge in [-0.25, -0.2) is 9.97 Å². The Kier molecular flexibility index (Phi) is 4.81. The lowest BCUT2D eigenvalue weighted by Gasteiger charge is -2.22. The standard InChI is InChI=1S/C14H22ClN3/c1-3-5-12-6-4-8-18(9-7-12)14-10-13(15)16-11(2)17-14/h10,12H,3-9H2,1-2H3. The number of rotatable bonds is 3. The van der Waals surface area contributed by atoms with Crippen LogP contribution < -0.4 is 4.90 Å². The minimum Gasteiger partial charge on any atom is -0.356 e. The van der Waals surface area contributed by atoms with Crippen molar-refractivity contribution in [3.63, 3.8) is 0 Å². The summed E-state index contributed by atoms with van der Waals surface area (Å²) in [4.78, 5) is 11.0. The number of aromatic nitrogens is 2. The third kappa shape index (κ3) is 3.58. The average molecular weight is 268 g/mol. The van der Waals surface area contributed by atoms with Gasteiger partial charge in [-0.05, 0) is 32.1 Å². The molecule has 0 N–H and O–H groups in total. The summed E-state index contributed by atoms with van der Waals surface area (Å²) in [6.07, 6.45) is 6.53. The van der Waals surface area contributed by atoms with Crippen molar-refractivity contribution in [3.8, 4) is 0 Å². The summed E-state index contributed by atoms with van der Waals surface area (Å²) < 4.78 is 0. The molecule has 1 fully saturated rings. The van der Waals surface area contributed by atoms with Gasteiger partial charge in [-0.1, -0.05) is 31.4 Å². The first-order valence-electron chi connectivity index (χ1n) is 6.95. The Balaban J connectivity index is 2.05. The highest BCUT2D eigenvalue weighted by atomic mass is 35.5. The van der Waals surface area contributed by atoms with Crippen LogP contribution in [0.2, 0.25) is 5.15 Å². The maximum absolute atomic E-state index is 6.01. The predicted octanol–water partition coefficient (Wildman–Crippen LogP) is 3.85. The second kappa shape index (κ2) is 6.37. The van der Waals surface area contributed by atoms with Crippen molar-refractivity contribution in [1.82, 2.24) is 9.97 Å². The number of halogens is 1. The van der Waals surface area contributed by atoms with Crippen molar-refractivity contribution in [2.24, 2.45) is 5.92 Å². The normalized spacial score (nSPS) is 20.8. The molecule has 1 aromatic rings. The van der Waals surface area contributed by atoms with Crippen LogP contribution in [-0.4, -0.2) is 23.1 Å². The lowest BCUT2D eigenvalue weighted by molar-refractivity contribution is 0.435. The number of aryl methyl sites for hydroxylation is 1. The fourth-order valence-electron chi connectivity index (χ4n) is 2.77. The highest BCUT2D eigenvalue weighted by Gasteiger charge is 2.18. The Morgan fingerprint density at radius 2 is 2.17 bits per heavy atom. The fraction of sp³-hybridized carbons (Fsp3) is 0.714. The Bertz CT molecular complexity index is 374. The molecule has 0 amide bonds. The van der Waals surface area contributed by atoms with Gasteiger partial charge in [0.25, 0.3) is 0 Å². The van der Waals surface area contributed by atoms with Crippen LogP contribution >= 0.6 is 11.6 Å². The Hall–Kier alpha value is -0.830. The summed E-state index contributed by atoms with van der Waals surface area (Å²) in [6.45, 7) is 6.35. The van der Waals surface area contributed by atoms with Gasteiger partial charge >= 0.3 is 0 Å². The van der Waals surface area contributed by atoms with Crippen molar-refractivity contribution >= 4 is 17.4 Å². The molecule has 1 unspecified atom stereocenters. The summed E-state index contributed by atoms with van der Waals surface area (Å²) in [5, 5.41) is 0.548. The van der Waals surface area contributed by atoms with Crippen molar-refractivity contribution in [2.75, 3.05) is 18.0 Å². The Labute approximate surface area is 115 Å². The number of hydrogen-bond acceptors (Lipinski definition) is 3. The van der Waals surface area contributed by atoms with Gasteiger partial charge in [0.05, 0.1) is 0 Å². The van der Waals surface area contributed by atoms with E-state index in [1.165, 1.54) is 32.1 Å². The molecule has 0 aliphatic carbocycles. The predicted molar refractivity (Wildman–Crippen MR) is 76.2 cm³/mol. The van der Waals surface area contributed by atoms with Gasteiger partial charge in [0.2, 0.25) is 0 Å². The third-order valence-corrected chi connectivity index (χ3v) is 3.86. The third-order valence-electron chi connectivity index (χ3n) is 3.66. The molecular weight excluding hydrogens is 246 g/mol. The van der Waals surface area contributed by atoms with Crippen LogP contribution in [0.25, 0.3) is 0 Å². The van der Waals surface area contributed by atoms with Crippen LogP contribution in [0.15, 0.2) is 6.07 Å². The zero-order valence-corrected chi connectivity index (χ0v) is 12.1. The van der Waals surface area contributed by atoms with E-state index >= 15 is 0 Å². The van der Waals surface area contributed by atoms with Crippen molar-refractivity contribution in [3.05, 3.63) is 17.0 Å². The van der Waals surface area contributed by atoms with E-state index in [2.05, 4.69) is 21.8 Å². The van der Waals surface area contributed by atoms with Crippen LogP contribution in [0.5, 0.6) is 0 Å². The van der Waals surface area contributed by atoms with Crippen LogP contribution in [-0.2, 0) is 0 Å². The van der Waals surface area contributed by atoms with Gasteiger partial charge in [0.15, 0.2) is 0 Å². The molecule has 1 aliphatic rings. The first-order valence-corrected chi connectivity index (χ1v) is 7.33. The molecule has 4 heteroatoms. The van der Waals surface area contributed by atoms with Crippen LogP contribution in [0.1, 0.15) is 44.9 Å². The van der Waals surface area contributed by atoms with Gasteiger partial charge in [-0.3, -0.25) is 0 Å². The summed E-state index contributed by atoms with van der Waals surface area (Å²) in [7, 11) is 0. The molecule has 1 aliphatic heterocycles. The number of hydrogen-bond donors (Lipinski definition) is 0. The van der Waals surface area contributed by atoms with E-state index in [0.717, 1.165) is 30.6 Å². The number of nitrogens with zero attached hydrogens (tertiary/aromatic N) is 3. The van der Waals surface area contributed by atoms with Crippen molar-refractivity contribution in [2.45, 2.75) is 46.0 Å². The zero-order chi connectivity index (χ0) is 13.0. The maximum Gasteiger partial charge on any atom is 0.134 e. The topological polar surface area (TPSA) is 29.0 Å². The van der Waals surface area contributed by atoms with Gasteiger partial charge in [0.1, 0.15) is 16.8 Å². The summed E-state index contributed by atoms with van der Waals surface area (Å²) in [5.74, 6) is 2.63. The average Bonchev–Trinajstić information content (AvgIpc) is 2.54. The van der Waals surface area contributed by atoms with Gasteiger partial charge in [-0.2, -0.15) is 0 Å². The Morgan fingerprint density at radius 3 is 2.89 bits per heavy atom. The molecule has 2 heterocycles. The molecule has 100 valence electrons. The van der Waals surface area contributed by atoms with Gasteiger partial charge < -0.3 is 4.90 Å². The highest BCUT2D eigenvalue weighted by molar-refractivity contribution is 6.29. The summed E-state index contributed by atoms with van der Waals surface area (Å²) >= 11 is 6.01. The molecule has 0 radical (unpaired) electrons. The summed E-state index contributed by atoms with van der Waals surface area (Å²) in [6, 6.07) is 1.88. The number of anilines is 1. The second-order valence-corrected chi connectivity index (χ2v) is 5.56. The summed E-state index contributed by atoms with van der Waals surface area (Å²) in [5.41, 5.74) is 0. The molecule has 18 heavy (non-hydrogen) atoms. The molecule has 2 rings (SSSR count). The molecule has 1 aromatic heterocycles. The quantitative estimate of drug-likeness (QED) is 0.779. The molecule has 0 spiro atoms. The molecule has 1 atom stereocenters. The molecule has 1 saturated heterocycles. The monoisotopic (exact) mass is 267 g/mol. The first-order chi connectivity index (χ1) is 8.69. The van der Waals surface area contributed by atoms with Crippen LogP contribution in [0, 0.1) is 12.8 Å². The van der Waals surface area contributed by atoms with E-state index in [1.807, 2.05) is 13.0 Å². The highest BCUT2D eigenvalue weighted by Crippen LogP contribution is 2.25. The van der Waals surface area contributed by atoms with Crippen molar-refractivity contribution < 1.29 is 0 Å². The van der Waals surface area contributed by atoms with Crippen molar-refractivity contribution in [1.29, 1.82) is 0 Å². The fourth-order valence-corrected chi connectivity index (χ4v) is 2.99. The largest absolute Gasteiger partial charge is 0.356 e. The van der Waals surface area contributed by atoms with Gasteiger partial charge in [-0.15, -0.1) is 0 Å². The lowest BCUT2D eigenvalue weighted by Crippen LogP contribution is -2.25. The first kappa shape index (κ1) is 13.6. The van der Waals surface area contributed by atoms with E-state index in [-0.39, 0.29) is 0 Å². The zero-order valence-electron chi connectivity index (χ0n) is 11.3. The van der Waals surface area contributed by atoms with E-state index in [9.17, 15) is 0 Å². The SMILES string of the molecule is CCCC1CCCN(c2cc(Cl)nc(C)n2)CC1. The Morgan fingerprint density at radius 1 is 1.33 bits per heavy atom. The second-order valence-electron chi connectivity index (χ2n) is 5.17. The molecule has 0 bridgehead atoms. The van der Waals surface area contributed by atoms with Crippen LogP contribution in [0.4, 0.5) is 5.82 Å². The maximum atomic E-state index is 6.01.